The van der Waals surface area contributed by atoms with Crippen LogP contribution in [0.1, 0.15) is 20.9 Å². The average Bonchev–Trinajstić information content (AvgIpc) is 3.20. The first kappa shape index (κ1) is 21.7. The van der Waals surface area contributed by atoms with E-state index in [1.54, 1.807) is 0 Å². The molecule has 12 nitrogen and oxygen atoms in total. The van der Waals surface area contributed by atoms with Crippen LogP contribution in [-0.2, 0) is 19.6 Å². The number of nitrogens with one attached hydrogen (secondary N) is 2. The van der Waals surface area contributed by atoms with Gasteiger partial charge in [-0.2, -0.15) is 0 Å². The number of methoxy groups -OCH3 is 2. The molecule has 0 unspecified atom stereocenters. The molecule has 0 spiro atoms. The summed E-state index contributed by atoms with van der Waals surface area (Å²) in [6, 6.07) is 6.36. The molecule has 2 aromatic rings. The largest absolute Gasteiger partial charge is 0.493 e. The highest BCUT2D eigenvalue weighted by Crippen LogP contribution is 2.27. The summed E-state index contributed by atoms with van der Waals surface area (Å²) >= 11 is 0. The summed E-state index contributed by atoms with van der Waals surface area (Å²) in [4.78, 5) is 35.5. The van der Waals surface area contributed by atoms with Crippen molar-refractivity contribution in [1.29, 1.82) is 0 Å². The van der Waals surface area contributed by atoms with Crippen molar-refractivity contribution in [3.05, 3.63) is 41.7 Å². The van der Waals surface area contributed by atoms with Gasteiger partial charge in [0.25, 0.3) is 21.8 Å². The van der Waals surface area contributed by atoms with E-state index in [0.29, 0.717) is 11.5 Å². The van der Waals surface area contributed by atoms with E-state index in [2.05, 4.69) is 10.2 Å². The van der Waals surface area contributed by atoms with Crippen molar-refractivity contribution in [1.82, 2.24) is 10.9 Å². The minimum Gasteiger partial charge on any atom is -0.493 e. The van der Waals surface area contributed by atoms with Gasteiger partial charge < -0.3 is 18.6 Å². The van der Waals surface area contributed by atoms with Gasteiger partial charge in [0.2, 0.25) is 10.9 Å². The number of benzene rings is 1. The third-order valence-corrected chi connectivity index (χ3v) is 4.14. The van der Waals surface area contributed by atoms with Gasteiger partial charge in [0.15, 0.2) is 18.1 Å². The molecule has 0 fully saturated rings. The van der Waals surface area contributed by atoms with Crippen molar-refractivity contribution >= 4 is 27.8 Å². The molecule has 1 aromatic carbocycles. The fraction of sp³-hybridized carbons (Fsp3) is 0.188. The smallest absolute Gasteiger partial charge is 0.374 e. The first-order valence-corrected chi connectivity index (χ1v) is 9.31. The van der Waals surface area contributed by atoms with E-state index in [4.69, 9.17) is 19.0 Å². The fourth-order valence-corrected chi connectivity index (χ4v) is 2.46. The van der Waals surface area contributed by atoms with Crippen LogP contribution in [0.25, 0.3) is 0 Å². The van der Waals surface area contributed by atoms with Crippen LogP contribution in [0.4, 0.5) is 0 Å². The molecular weight excluding hydrogens is 410 g/mol. The molecule has 0 aliphatic rings. The molecule has 0 saturated heterocycles. The summed E-state index contributed by atoms with van der Waals surface area (Å²) in [7, 11) is -1.27. The van der Waals surface area contributed by atoms with Crippen LogP contribution in [0.3, 0.4) is 0 Å². The Hall–Kier alpha value is -3.58. The van der Waals surface area contributed by atoms with Crippen LogP contribution in [-0.4, -0.2) is 47.0 Å². The lowest BCUT2D eigenvalue weighted by molar-refractivity contribution is -0.125. The second-order valence-corrected chi connectivity index (χ2v) is 6.80. The molecule has 0 aliphatic carbocycles. The van der Waals surface area contributed by atoms with Crippen LogP contribution in [0.15, 0.2) is 39.8 Å². The molecule has 0 radical (unpaired) electrons. The number of nitrogens with two attached hydrogens (primary N) is 1. The molecule has 4 N–H and O–H groups in total. The minimum absolute atomic E-state index is 0.172. The van der Waals surface area contributed by atoms with Crippen LogP contribution < -0.4 is 25.5 Å². The Morgan fingerprint density at radius 2 is 1.72 bits per heavy atom. The van der Waals surface area contributed by atoms with E-state index in [9.17, 15) is 22.8 Å². The molecule has 29 heavy (non-hydrogen) atoms. The van der Waals surface area contributed by atoms with Crippen LogP contribution in [0, 0.1) is 0 Å². The monoisotopic (exact) mass is 427 g/mol. The number of sulfonamides is 1. The van der Waals surface area contributed by atoms with Gasteiger partial charge in [0, 0.05) is 5.56 Å². The molecule has 156 valence electrons. The van der Waals surface area contributed by atoms with Crippen LogP contribution in [0.2, 0.25) is 0 Å². The predicted molar refractivity (Wildman–Crippen MR) is 95.5 cm³/mol. The lowest BCUT2D eigenvalue weighted by Gasteiger charge is -2.10. The molecule has 2 rings (SSSR count). The molecule has 13 heteroatoms. The van der Waals surface area contributed by atoms with E-state index in [1.165, 1.54) is 32.4 Å². The number of hydrazine groups is 1. The highest BCUT2D eigenvalue weighted by molar-refractivity contribution is 7.89. The van der Waals surface area contributed by atoms with Gasteiger partial charge >= 0.3 is 5.97 Å². The molecule has 0 aliphatic heterocycles. The number of carbonyl (C=O) groups excluding carboxylic acids is 3. The van der Waals surface area contributed by atoms with Gasteiger partial charge in [0.05, 0.1) is 14.2 Å². The van der Waals surface area contributed by atoms with E-state index in [1.807, 2.05) is 5.43 Å². The molecule has 2 amide bonds. The van der Waals surface area contributed by atoms with Crippen LogP contribution in [0.5, 0.6) is 11.5 Å². The van der Waals surface area contributed by atoms with Crippen molar-refractivity contribution in [2.45, 2.75) is 5.09 Å². The Morgan fingerprint density at radius 3 is 2.31 bits per heavy atom. The Kier molecular flexibility index (Phi) is 6.80. The van der Waals surface area contributed by atoms with Gasteiger partial charge in [-0.1, -0.05) is 0 Å². The number of ether oxygens (including phenoxy) is 3. The van der Waals surface area contributed by atoms with Crippen molar-refractivity contribution < 1.29 is 41.4 Å². The highest BCUT2D eigenvalue weighted by atomic mass is 32.2. The van der Waals surface area contributed by atoms with E-state index >= 15 is 0 Å². The molecule has 0 saturated carbocycles. The standard InChI is InChI=1S/C16H17N3O9S/c1-25-10-4-3-9(7-12(10)26-2)15(21)19-18-13(20)8-27-16(22)11-5-6-14(28-11)29(17,23)24/h3-7H,8H2,1-2H3,(H,18,20)(H,19,21)(H2,17,23,24). The first-order valence-electron chi connectivity index (χ1n) is 7.76. The lowest BCUT2D eigenvalue weighted by Crippen LogP contribution is -2.43. The number of furan rings is 1. The molecule has 0 bridgehead atoms. The summed E-state index contributed by atoms with van der Waals surface area (Å²) in [5, 5.41) is 4.22. The third-order valence-electron chi connectivity index (χ3n) is 3.36. The van der Waals surface area contributed by atoms with Crippen molar-refractivity contribution in [2.24, 2.45) is 5.14 Å². The fourth-order valence-electron chi connectivity index (χ4n) is 2.00. The van der Waals surface area contributed by atoms with E-state index < -0.39 is 45.3 Å². The summed E-state index contributed by atoms with van der Waals surface area (Å²) in [5.41, 5.74) is 4.35. The van der Waals surface area contributed by atoms with Crippen LogP contribution >= 0.6 is 0 Å². The zero-order chi connectivity index (χ0) is 21.6. The number of esters is 1. The lowest BCUT2D eigenvalue weighted by atomic mass is 10.2. The van der Waals surface area contributed by atoms with E-state index in [0.717, 1.165) is 12.1 Å². The molecular formula is C16H17N3O9S. The number of amides is 2. The maximum absolute atomic E-state index is 12.1. The number of hydrogen-bond acceptors (Lipinski definition) is 9. The van der Waals surface area contributed by atoms with Gasteiger partial charge in [0.1, 0.15) is 0 Å². The minimum atomic E-state index is -4.12. The molecule has 1 heterocycles. The van der Waals surface area contributed by atoms with Gasteiger partial charge in [-0.05, 0) is 30.3 Å². The maximum atomic E-state index is 12.1. The number of carbonyl (C=O) groups is 3. The average molecular weight is 427 g/mol. The Bertz CT molecular complexity index is 1030. The first-order chi connectivity index (χ1) is 13.7. The number of primary sulfonamides is 1. The quantitative estimate of drug-likeness (QED) is 0.390. The molecule has 0 atom stereocenters. The second kappa shape index (κ2) is 9.07. The maximum Gasteiger partial charge on any atom is 0.374 e. The van der Waals surface area contributed by atoms with Crippen molar-refractivity contribution in [2.75, 3.05) is 20.8 Å². The Balaban J connectivity index is 1.86. The molecule has 1 aromatic heterocycles. The van der Waals surface area contributed by atoms with E-state index in [-0.39, 0.29) is 5.56 Å². The third kappa shape index (κ3) is 5.70. The Labute approximate surface area is 164 Å². The SMILES string of the molecule is COc1ccc(C(=O)NNC(=O)COC(=O)c2ccc(S(N)(=O)=O)o2)cc1OC. The Morgan fingerprint density at radius 1 is 1.03 bits per heavy atom. The summed E-state index contributed by atoms with van der Waals surface area (Å²) in [6.07, 6.45) is 0. The predicted octanol–water partition coefficient (Wildman–Crippen LogP) is -0.438. The zero-order valence-corrected chi connectivity index (χ0v) is 16.1. The van der Waals surface area contributed by atoms with Crippen molar-refractivity contribution in [3.8, 4) is 11.5 Å². The van der Waals surface area contributed by atoms with Gasteiger partial charge in [-0.15, -0.1) is 0 Å². The van der Waals surface area contributed by atoms with Crippen molar-refractivity contribution in [3.63, 3.8) is 0 Å². The number of hydrogen-bond donors (Lipinski definition) is 3. The summed E-state index contributed by atoms with van der Waals surface area (Å²) in [6.45, 7) is -0.767. The van der Waals surface area contributed by atoms with Gasteiger partial charge in [-0.3, -0.25) is 20.4 Å². The summed E-state index contributed by atoms with van der Waals surface area (Å²) < 4.78 is 41.7. The topological polar surface area (TPSA) is 176 Å². The number of rotatable bonds is 7. The van der Waals surface area contributed by atoms with Gasteiger partial charge in [-0.25, -0.2) is 18.4 Å². The normalized spacial score (nSPS) is 10.7. The highest BCUT2D eigenvalue weighted by Gasteiger charge is 2.19. The second-order valence-electron chi connectivity index (χ2n) is 5.31. The zero-order valence-electron chi connectivity index (χ0n) is 15.3. The summed E-state index contributed by atoms with van der Waals surface area (Å²) in [5.74, 6) is -2.33.